The van der Waals surface area contributed by atoms with Gasteiger partial charge < -0.3 is 10.3 Å². The van der Waals surface area contributed by atoms with Crippen molar-refractivity contribution >= 4 is 40.4 Å². The van der Waals surface area contributed by atoms with Gasteiger partial charge >= 0.3 is 0 Å². The van der Waals surface area contributed by atoms with Crippen LogP contribution in [-0.4, -0.2) is 20.4 Å². The zero-order chi connectivity index (χ0) is 19.7. The molecule has 27 heavy (non-hydrogen) atoms. The number of aromatic amines is 1. The third-order valence-corrected chi connectivity index (χ3v) is 4.56. The van der Waals surface area contributed by atoms with Crippen molar-refractivity contribution in [1.82, 2.24) is 9.55 Å². The van der Waals surface area contributed by atoms with Crippen molar-refractivity contribution in [2.24, 2.45) is 0 Å². The molecule has 0 radical (unpaired) electrons. The molecule has 9 heteroatoms. The van der Waals surface area contributed by atoms with Gasteiger partial charge in [-0.15, -0.1) is 0 Å². The number of benzene rings is 2. The van der Waals surface area contributed by atoms with Crippen LogP contribution in [0.2, 0.25) is 0 Å². The van der Waals surface area contributed by atoms with Gasteiger partial charge in [0.15, 0.2) is 4.77 Å². The predicted molar refractivity (Wildman–Crippen MR) is 105 cm³/mol. The molecule has 0 saturated heterocycles. The maximum absolute atomic E-state index is 12.6. The number of nitrogens with zero attached hydrogens (tertiary/aromatic N) is 2. The van der Waals surface area contributed by atoms with E-state index in [0.717, 1.165) is 0 Å². The van der Waals surface area contributed by atoms with E-state index in [9.17, 15) is 19.7 Å². The number of rotatable bonds is 4. The van der Waals surface area contributed by atoms with Gasteiger partial charge in [-0.25, -0.2) is 0 Å². The van der Waals surface area contributed by atoms with Gasteiger partial charge in [-0.1, -0.05) is 6.07 Å². The molecule has 8 nitrogen and oxygen atoms in total. The third-order valence-electron chi connectivity index (χ3n) is 4.24. The lowest BCUT2D eigenvalue weighted by molar-refractivity contribution is -0.384. The Bertz CT molecular complexity index is 1200. The molecule has 0 unspecified atom stereocenters. The average molecular weight is 384 g/mol. The predicted octanol–water partition coefficient (Wildman–Crippen LogP) is 3.55. The van der Waals surface area contributed by atoms with Gasteiger partial charge in [0.25, 0.3) is 17.2 Å². The molecule has 3 aromatic rings. The highest BCUT2D eigenvalue weighted by Crippen LogP contribution is 2.23. The summed E-state index contributed by atoms with van der Waals surface area (Å²) < 4.78 is 1.71. The molecular formula is C18H16N4O4S. The summed E-state index contributed by atoms with van der Waals surface area (Å²) in [6.45, 7) is 4.00. The van der Waals surface area contributed by atoms with Crippen molar-refractivity contribution in [1.29, 1.82) is 0 Å². The summed E-state index contributed by atoms with van der Waals surface area (Å²) in [7, 11) is 0. The second kappa shape index (κ2) is 7.12. The molecule has 3 rings (SSSR count). The molecule has 138 valence electrons. The summed E-state index contributed by atoms with van der Waals surface area (Å²) in [4.78, 5) is 38.3. The molecule has 0 fully saturated rings. The molecule has 1 aromatic heterocycles. The van der Waals surface area contributed by atoms with E-state index < -0.39 is 10.8 Å². The number of H-pyrrole nitrogens is 1. The Labute approximate surface area is 158 Å². The molecule has 0 aliphatic carbocycles. The number of nitrogens with one attached hydrogen (secondary N) is 2. The van der Waals surface area contributed by atoms with E-state index in [1.54, 1.807) is 19.1 Å². The summed E-state index contributed by atoms with van der Waals surface area (Å²) >= 11 is 5.18. The van der Waals surface area contributed by atoms with E-state index in [-0.39, 0.29) is 16.0 Å². The summed E-state index contributed by atoms with van der Waals surface area (Å²) in [6.07, 6.45) is 0. The molecule has 0 saturated carbocycles. The number of hydrogen-bond donors (Lipinski definition) is 2. The van der Waals surface area contributed by atoms with Crippen LogP contribution in [0.15, 0.2) is 41.2 Å². The molecule has 2 aromatic carbocycles. The summed E-state index contributed by atoms with van der Waals surface area (Å²) in [5.74, 6) is -0.445. The van der Waals surface area contributed by atoms with Gasteiger partial charge in [-0.05, 0) is 49.8 Å². The fraction of sp³-hybridized carbons (Fsp3) is 0.167. The van der Waals surface area contributed by atoms with Crippen molar-refractivity contribution in [2.45, 2.75) is 20.4 Å². The highest BCUT2D eigenvalue weighted by Gasteiger charge is 2.14. The van der Waals surface area contributed by atoms with Crippen LogP contribution in [0.25, 0.3) is 10.9 Å². The molecule has 0 aliphatic heterocycles. The minimum Gasteiger partial charge on any atom is -0.332 e. The van der Waals surface area contributed by atoms with Crippen LogP contribution in [0.4, 0.5) is 11.4 Å². The van der Waals surface area contributed by atoms with Crippen LogP contribution in [0, 0.1) is 21.8 Å². The first-order chi connectivity index (χ1) is 12.8. The third kappa shape index (κ3) is 3.49. The van der Waals surface area contributed by atoms with Crippen molar-refractivity contribution < 1.29 is 9.72 Å². The van der Waals surface area contributed by atoms with Gasteiger partial charge in [-0.3, -0.25) is 24.3 Å². The molecule has 0 aliphatic rings. The van der Waals surface area contributed by atoms with Gasteiger partial charge in [0, 0.05) is 24.2 Å². The minimum absolute atomic E-state index is 0.112. The lowest BCUT2D eigenvalue weighted by atomic mass is 10.1. The van der Waals surface area contributed by atoms with Crippen LogP contribution in [0.1, 0.15) is 22.8 Å². The number of aromatic nitrogens is 2. The Morgan fingerprint density at radius 2 is 2.04 bits per heavy atom. The van der Waals surface area contributed by atoms with Gasteiger partial charge in [0.05, 0.1) is 21.5 Å². The number of non-ortho nitro benzene ring substituents is 1. The molecule has 2 N–H and O–H groups in total. The van der Waals surface area contributed by atoms with Crippen molar-refractivity contribution in [2.75, 3.05) is 5.32 Å². The second-order valence-corrected chi connectivity index (χ2v) is 6.34. The normalized spacial score (nSPS) is 10.7. The van der Waals surface area contributed by atoms with E-state index in [0.29, 0.717) is 34.3 Å². The van der Waals surface area contributed by atoms with Crippen molar-refractivity contribution in [3.63, 3.8) is 0 Å². The van der Waals surface area contributed by atoms with Crippen molar-refractivity contribution in [3.8, 4) is 0 Å². The van der Waals surface area contributed by atoms with E-state index in [1.165, 1.54) is 28.8 Å². The van der Waals surface area contributed by atoms with E-state index in [2.05, 4.69) is 10.3 Å². The molecule has 0 atom stereocenters. The quantitative estimate of drug-likeness (QED) is 0.406. The van der Waals surface area contributed by atoms with Crippen LogP contribution >= 0.6 is 12.2 Å². The second-order valence-electron chi connectivity index (χ2n) is 5.95. The first-order valence-corrected chi connectivity index (χ1v) is 8.56. The number of nitro groups is 1. The van der Waals surface area contributed by atoms with Gasteiger partial charge in [0.2, 0.25) is 0 Å². The largest absolute Gasteiger partial charge is 0.332 e. The summed E-state index contributed by atoms with van der Waals surface area (Å²) in [5.41, 5.74) is 1.46. The molecule has 0 spiro atoms. The number of fused-ring (bicyclic) bond motifs is 1. The summed E-state index contributed by atoms with van der Waals surface area (Å²) in [6, 6.07) is 8.88. The Kier molecular flexibility index (Phi) is 4.87. The Morgan fingerprint density at radius 1 is 1.30 bits per heavy atom. The number of aryl methyl sites for hydroxylation is 1. The summed E-state index contributed by atoms with van der Waals surface area (Å²) in [5, 5.41) is 14.0. The standard InChI is InChI=1S/C18H16N4O4S/c1-3-21-17(24)13-7-5-11(8-15(13)20-18(21)27)16(23)19-14-9-12(22(25)26)6-4-10(14)2/h4-9H,3H2,1-2H3,(H,19,23)(H,20,27). The van der Waals surface area contributed by atoms with Gasteiger partial charge in [-0.2, -0.15) is 0 Å². The maximum Gasteiger partial charge on any atom is 0.271 e. The first-order valence-electron chi connectivity index (χ1n) is 8.15. The first kappa shape index (κ1) is 18.5. The lowest BCUT2D eigenvalue weighted by Crippen LogP contribution is -2.21. The Morgan fingerprint density at radius 3 is 2.70 bits per heavy atom. The van der Waals surface area contributed by atoms with E-state index in [4.69, 9.17) is 12.2 Å². The fourth-order valence-corrected chi connectivity index (χ4v) is 3.06. The topological polar surface area (TPSA) is 110 Å². The number of carbonyl (C=O) groups excluding carboxylic acids is 1. The Balaban J connectivity index is 2.00. The lowest BCUT2D eigenvalue weighted by Gasteiger charge is -2.10. The number of hydrogen-bond acceptors (Lipinski definition) is 5. The fourth-order valence-electron chi connectivity index (χ4n) is 2.74. The van der Waals surface area contributed by atoms with Crippen LogP contribution in [-0.2, 0) is 6.54 Å². The zero-order valence-electron chi connectivity index (χ0n) is 14.6. The van der Waals surface area contributed by atoms with E-state index in [1.807, 2.05) is 6.92 Å². The average Bonchev–Trinajstić information content (AvgIpc) is 2.63. The highest BCUT2D eigenvalue weighted by atomic mass is 32.1. The minimum atomic E-state index is -0.524. The molecule has 1 heterocycles. The highest BCUT2D eigenvalue weighted by molar-refractivity contribution is 7.71. The number of nitro benzene ring substituents is 1. The smallest absolute Gasteiger partial charge is 0.271 e. The van der Waals surface area contributed by atoms with E-state index >= 15 is 0 Å². The molecule has 0 bridgehead atoms. The SMILES string of the molecule is CCn1c(=S)[nH]c2cc(C(=O)Nc3cc([N+](=O)[O-])ccc3C)ccc2c1=O. The number of carbonyl (C=O) groups is 1. The molecular weight excluding hydrogens is 368 g/mol. The van der Waals surface area contributed by atoms with Crippen LogP contribution in [0.5, 0.6) is 0 Å². The van der Waals surface area contributed by atoms with Crippen LogP contribution < -0.4 is 10.9 Å². The van der Waals surface area contributed by atoms with Crippen molar-refractivity contribution in [3.05, 3.63) is 72.8 Å². The maximum atomic E-state index is 12.6. The number of amides is 1. The zero-order valence-corrected chi connectivity index (χ0v) is 15.4. The number of anilines is 1. The monoisotopic (exact) mass is 384 g/mol. The van der Waals surface area contributed by atoms with Gasteiger partial charge in [0.1, 0.15) is 0 Å². The van der Waals surface area contributed by atoms with Crippen LogP contribution in [0.3, 0.4) is 0 Å². The molecule has 1 amide bonds. The Hall–Kier alpha value is -3.33.